The molecule has 0 amide bonds. The highest BCUT2D eigenvalue weighted by atomic mass is 79.9. The van der Waals surface area contributed by atoms with E-state index < -0.39 is 0 Å². The predicted octanol–water partition coefficient (Wildman–Crippen LogP) is 3.50. The summed E-state index contributed by atoms with van der Waals surface area (Å²) >= 11 is 3.80. The van der Waals surface area contributed by atoms with Gasteiger partial charge in [-0.25, -0.2) is 0 Å². The molecule has 2 nitrogen and oxygen atoms in total. The highest BCUT2D eigenvalue weighted by molar-refractivity contribution is 9.09. The van der Waals surface area contributed by atoms with Crippen molar-refractivity contribution in [1.82, 2.24) is 9.80 Å². The molecule has 1 atom stereocenters. The Kier molecular flexibility index (Phi) is 4.86. The van der Waals surface area contributed by atoms with E-state index in [1.807, 2.05) is 0 Å². The van der Waals surface area contributed by atoms with Gasteiger partial charge in [0.2, 0.25) is 0 Å². The number of rotatable bonds is 4. The van der Waals surface area contributed by atoms with Gasteiger partial charge in [0.05, 0.1) is 0 Å². The molecular weight excluding hydrogens is 300 g/mol. The van der Waals surface area contributed by atoms with Gasteiger partial charge in [-0.2, -0.15) is 0 Å². The molecule has 1 unspecified atom stereocenters. The van der Waals surface area contributed by atoms with Gasteiger partial charge in [0.25, 0.3) is 0 Å². The zero-order valence-electron chi connectivity index (χ0n) is 12.2. The van der Waals surface area contributed by atoms with E-state index in [1.165, 1.54) is 89.4 Å². The van der Waals surface area contributed by atoms with E-state index in [1.54, 1.807) is 0 Å². The summed E-state index contributed by atoms with van der Waals surface area (Å²) < 4.78 is 0. The number of hydrogen-bond donors (Lipinski definition) is 0. The van der Waals surface area contributed by atoms with Crippen molar-refractivity contribution >= 4 is 15.9 Å². The zero-order valence-corrected chi connectivity index (χ0v) is 13.8. The molecule has 2 aliphatic heterocycles. The Morgan fingerprint density at radius 2 is 1.68 bits per heavy atom. The topological polar surface area (TPSA) is 6.48 Å². The molecule has 2 heterocycles. The normalized spacial score (nSPS) is 33.0. The highest BCUT2D eigenvalue weighted by Crippen LogP contribution is 2.41. The molecule has 1 aliphatic carbocycles. The third-order valence-electron chi connectivity index (χ3n) is 5.66. The van der Waals surface area contributed by atoms with E-state index in [0.29, 0.717) is 5.41 Å². The fourth-order valence-electron chi connectivity index (χ4n) is 4.47. The summed E-state index contributed by atoms with van der Waals surface area (Å²) in [4.78, 5) is 5.55. The molecule has 3 heteroatoms. The van der Waals surface area contributed by atoms with E-state index in [0.717, 1.165) is 6.04 Å². The van der Waals surface area contributed by atoms with Crippen molar-refractivity contribution < 1.29 is 0 Å². The second kappa shape index (κ2) is 6.44. The summed E-state index contributed by atoms with van der Waals surface area (Å²) in [6.07, 6.45) is 11.5. The highest BCUT2D eigenvalue weighted by Gasteiger charge is 2.37. The first-order chi connectivity index (χ1) is 9.31. The van der Waals surface area contributed by atoms with Gasteiger partial charge in [-0.3, -0.25) is 4.90 Å². The minimum Gasteiger partial charge on any atom is -0.301 e. The zero-order chi connectivity index (χ0) is 13.1. The Labute approximate surface area is 127 Å². The lowest BCUT2D eigenvalue weighted by atomic mass is 9.88. The molecule has 19 heavy (non-hydrogen) atoms. The molecule has 0 aromatic carbocycles. The number of hydrogen-bond acceptors (Lipinski definition) is 2. The van der Waals surface area contributed by atoms with E-state index in [2.05, 4.69) is 25.7 Å². The Hall–Kier alpha value is 0.400. The lowest BCUT2D eigenvalue weighted by molar-refractivity contribution is 0.147. The quantitative estimate of drug-likeness (QED) is 0.729. The lowest BCUT2D eigenvalue weighted by Gasteiger charge is -2.34. The fraction of sp³-hybridized carbons (Fsp3) is 1.00. The molecule has 110 valence electrons. The SMILES string of the molecule is BrCC1(CN2CCC(N3CCCCC3)C2)CCCC1. The van der Waals surface area contributed by atoms with Gasteiger partial charge in [-0.15, -0.1) is 0 Å². The number of halogens is 1. The molecule has 2 saturated heterocycles. The second-order valence-corrected chi connectivity index (χ2v) is 7.68. The van der Waals surface area contributed by atoms with E-state index in [9.17, 15) is 0 Å². The largest absolute Gasteiger partial charge is 0.301 e. The van der Waals surface area contributed by atoms with Crippen LogP contribution in [-0.2, 0) is 0 Å². The van der Waals surface area contributed by atoms with Crippen molar-refractivity contribution in [2.24, 2.45) is 5.41 Å². The standard InChI is InChI=1S/C16H29BrN2/c17-13-16(7-2-3-8-16)14-18-11-6-15(12-18)19-9-4-1-5-10-19/h15H,1-14H2. The Bertz CT molecular complexity index is 282. The predicted molar refractivity (Wildman–Crippen MR) is 85.0 cm³/mol. The van der Waals surface area contributed by atoms with Gasteiger partial charge >= 0.3 is 0 Å². The molecule has 3 rings (SSSR count). The number of likely N-dealkylation sites (tertiary alicyclic amines) is 2. The average Bonchev–Trinajstić information content (AvgIpc) is 3.10. The van der Waals surface area contributed by atoms with Crippen LogP contribution in [0.3, 0.4) is 0 Å². The van der Waals surface area contributed by atoms with Crippen molar-refractivity contribution in [3.05, 3.63) is 0 Å². The minimum absolute atomic E-state index is 0.608. The third kappa shape index (κ3) is 3.36. The van der Waals surface area contributed by atoms with E-state index in [-0.39, 0.29) is 0 Å². The average molecular weight is 329 g/mol. The maximum Gasteiger partial charge on any atom is 0.0235 e. The van der Waals surface area contributed by atoms with Gasteiger partial charge in [0.15, 0.2) is 0 Å². The van der Waals surface area contributed by atoms with Crippen LogP contribution in [-0.4, -0.2) is 53.9 Å². The van der Waals surface area contributed by atoms with E-state index in [4.69, 9.17) is 0 Å². The summed E-state index contributed by atoms with van der Waals surface area (Å²) in [5, 5.41) is 1.21. The van der Waals surface area contributed by atoms with Crippen LogP contribution in [0.5, 0.6) is 0 Å². The molecular formula is C16H29BrN2. The summed E-state index contributed by atoms with van der Waals surface area (Å²) in [7, 11) is 0. The second-order valence-electron chi connectivity index (χ2n) is 7.11. The van der Waals surface area contributed by atoms with E-state index >= 15 is 0 Å². The Balaban J connectivity index is 1.51. The summed E-state index contributed by atoms with van der Waals surface area (Å²) in [6, 6.07) is 0.870. The minimum atomic E-state index is 0.608. The van der Waals surface area contributed by atoms with Crippen LogP contribution in [0.15, 0.2) is 0 Å². The van der Waals surface area contributed by atoms with Crippen LogP contribution in [0.25, 0.3) is 0 Å². The molecule has 1 saturated carbocycles. The lowest BCUT2D eigenvalue weighted by Crippen LogP contribution is -2.42. The smallest absolute Gasteiger partial charge is 0.0235 e. The summed E-state index contributed by atoms with van der Waals surface area (Å²) in [5.74, 6) is 0. The van der Waals surface area contributed by atoms with Crippen molar-refractivity contribution in [3.63, 3.8) is 0 Å². The number of alkyl halides is 1. The summed E-state index contributed by atoms with van der Waals surface area (Å²) in [5.41, 5.74) is 0.608. The van der Waals surface area contributed by atoms with Crippen LogP contribution in [0, 0.1) is 5.41 Å². The van der Waals surface area contributed by atoms with Gasteiger partial charge in [-0.05, 0) is 57.2 Å². The Morgan fingerprint density at radius 1 is 0.947 bits per heavy atom. The molecule has 3 aliphatic rings. The summed E-state index contributed by atoms with van der Waals surface area (Å²) in [6.45, 7) is 6.76. The molecule has 0 aromatic rings. The number of nitrogens with zero attached hydrogens (tertiary/aromatic N) is 2. The molecule has 0 spiro atoms. The molecule has 0 N–H and O–H groups in total. The first-order valence-corrected chi connectivity index (χ1v) is 9.46. The van der Waals surface area contributed by atoms with Crippen LogP contribution >= 0.6 is 15.9 Å². The first kappa shape index (κ1) is 14.3. The molecule has 0 aromatic heterocycles. The molecule has 0 radical (unpaired) electrons. The monoisotopic (exact) mass is 328 g/mol. The van der Waals surface area contributed by atoms with Gasteiger partial charge in [0.1, 0.15) is 0 Å². The molecule has 3 fully saturated rings. The van der Waals surface area contributed by atoms with Crippen LogP contribution < -0.4 is 0 Å². The fourth-order valence-corrected chi connectivity index (χ4v) is 5.21. The Morgan fingerprint density at radius 3 is 2.37 bits per heavy atom. The van der Waals surface area contributed by atoms with Crippen molar-refractivity contribution in [2.45, 2.75) is 57.4 Å². The van der Waals surface area contributed by atoms with Crippen LogP contribution in [0.4, 0.5) is 0 Å². The van der Waals surface area contributed by atoms with Crippen molar-refractivity contribution in [3.8, 4) is 0 Å². The van der Waals surface area contributed by atoms with Crippen molar-refractivity contribution in [1.29, 1.82) is 0 Å². The van der Waals surface area contributed by atoms with Crippen LogP contribution in [0.1, 0.15) is 51.4 Å². The maximum atomic E-state index is 3.80. The van der Waals surface area contributed by atoms with Gasteiger partial charge in [-0.1, -0.05) is 35.2 Å². The van der Waals surface area contributed by atoms with Gasteiger partial charge < -0.3 is 4.90 Å². The van der Waals surface area contributed by atoms with Gasteiger partial charge in [0, 0.05) is 24.5 Å². The number of piperidine rings is 1. The van der Waals surface area contributed by atoms with Crippen molar-refractivity contribution in [2.75, 3.05) is 38.1 Å². The van der Waals surface area contributed by atoms with Crippen LogP contribution in [0.2, 0.25) is 0 Å². The maximum absolute atomic E-state index is 3.80. The molecule has 0 bridgehead atoms. The third-order valence-corrected chi connectivity index (χ3v) is 6.85. The first-order valence-electron chi connectivity index (χ1n) is 8.34.